The number of hydrogen-bond acceptors (Lipinski definition) is 4. The number of rotatable bonds is 7. The normalized spacial score (nSPS) is 11.2. The number of aromatic nitrogens is 1. The first-order valence-corrected chi connectivity index (χ1v) is 9.38. The lowest BCUT2D eigenvalue weighted by atomic mass is 10.1. The number of furan rings is 1. The van der Waals surface area contributed by atoms with Gasteiger partial charge in [0.2, 0.25) is 0 Å². The maximum Gasteiger partial charge on any atom is 0.262 e. The molecule has 2 aromatic heterocycles. The molecule has 1 N–H and O–H groups in total. The van der Waals surface area contributed by atoms with Crippen LogP contribution in [-0.2, 0) is 11.3 Å². The molecule has 0 aliphatic rings. The molecule has 3 rings (SSSR count). The largest absolute Gasteiger partial charge is 0.494 e. The van der Waals surface area contributed by atoms with Gasteiger partial charge in [0.15, 0.2) is 0 Å². The molecule has 29 heavy (non-hydrogen) atoms. The molecule has 1 aromatic carbocycles. The second kappa shape index (κ2) is 8.98. The molecule has 0 saturated heterocycles. The van der Waals surface area contributed by atoms with Gasteiger partial charge in [-0.2, -0.15) is 5.26 Å². The van der Waals surface area contributed by atoms with Crippen molar-refractivity contribution in [2.24, 2.45) is 0 Å². The highest BCUT2D eigenvalue weighted by Gasteiger charge is 2.14. The fraction of sp³-hybridized carbons (Fsp3) is 0.217. The highest BCUT2D eigenvalue weighted by atomic mass is 16.5. The standard InChI is InChI=1S/C23H23N3O3/c1-4-28-21-9-7-20(8-10-21)26-16(2)12-18(17(26)3)13-19(14-24)23(27)25-15-22-6-5-11-29-22/h5-13H,4,15H2,1-3H3,(H,25,27)/b19-13+. The highest BCUT2D eigenvalue weighted by molar-refractivity contribution is 6.01. The average molecular weight is 389 g/mol. The molecule has 0 saturated carbocycles. The number of nitrogens with zero attached hydrogens (tertiary/aromatic N) is 2. The second-order valence-electron chi connectivity index (χ2n) is 6.52. The predicted octanol–water partition coefficient (Wildman–Crippen LogP) is 4.31. The summed E-state index contributed by atoms with van der Waals surface area (Å²) in [5.74, 6) is 1.01. The summed E-state index contributed by atoms with van der Waals surface area (Å²) in [6.45, 7) is 6.75. The maximum atomic E-state index is 12.4. The second-order valence-corrected chi connectivity index (χ2v) is 6.52. The maximum absolute atomic E-state index is 12.4. The Bertz CT molecular complexity index is 1050. The summed E-state index contributed by atoms with van der Waals surface area (Å²) in [5.41, 5.74) is 3.80. The van der Waals surface area contributed by atoms with Crippen LogP contribution in [-0.4, -0.2) is 17.1 Å². The molecule has 0 radical (unpaired) electrons. The van der Waals surface area contributed by atoms with Crippen LogP contribution in [0.5, 0.6) is 5.75 Å². The zero-order valence-corrected chi connectivity index (χ0v) is 16.7. The van der Waals surface area contributed by atoms with Gasteiger partial charge in [-0.3, -0.25) is 4.79 Å². The Morgan fingerprint density at radius 1 is 1.28 bits per heavy atom. The molecule has 3 aromatic rings. The Morgan fingerprint density at radius 2 is 2.03 bits per heavy atom. The van der Waals surface area contributed by atoms with Gasteiger partial charge >= 0.3 is 0 Å². The van der Waals surface area contributed by atoms with E-state index in [0.29, 0.717) is 12.4 Å². The molecule has 0 fully saturated rings. The number of benzene rings is 1. The van der Waals surface area contributed by atoms with Crippen LogP contribution in [0, 0.1) is 25.2 Å². The summed E-state index contributed by atoms with van der Waals surface area (Å²) in [4.78, 5) is 12.4. The van der Waals surface area contributed by atoms with Crippen molar-refractivity contribution in [2.45, 2.75) is 27.3 Å². The Morgan fingerprint density at radius 3 is 2.66 bits per heavy atom. The van der Waals surface area contributed by atoms with Crippen molar-refractivity contribution in [1.82, 2.24) is 9.88 Å². The number of aryl methyl sites for hydroxylation is 1. The van der Waals surface area contributed by atoms with Crippen LogP contribution < -0.4 is 10.1 Å². The first-order valence-electron chi connectivity index (χ1n) is 9.38. The molecule has 0 unspecified atom stereocenters. The number of hydrogen-bond donors (Lipinski definition) is 1. The summed E-state index contributed by atoms with van der Waals surface area (Å²) in [5, 5.41) is 12.2. The molecule has 1 amide bonds. The summed E-state index contributed by atoms with van der Waals surface area (Å²) >= 11 is 0. The van der Waals surface area contributed by atoms with Gasteiger partial charge < -0.3 is 19.0 Å². The molecule has 0 spiro atoms. The molecule has 148 valence electrons. The van der Waals surface area contributed by atoms with Gasteiger partial charge in [-0.15, -0.1) is 0 Å². The minimum Gasteiger partial charge on any atom is -0.494 e. The van der Waals surface area contributed by atoms with Crippen molar-refractivity contribution in [2.75, 3.05) is 6.61 Å². The van der Waals surface area contributed by atoms with Gasteiger partial charge in [0, 0.05) is 17.1 Å². The highest BCUT2D eigenvalue weighted by Crippen LogP contribution is 2.24. The Hall–Kier alpha value is -3.72. The van der Waals surface area contributed by atoms with Crippen molar-refractivity contribution in [3.05, 3.63) is 77.0 Å². The molecular weight excluding hydrogens is 366 g/mol. The smallest absolute Gasteiger partial charge is 0.262 e. The SMILES string of the molecule is CCOc1ccc(-n2c(C)cc(/C=C(\C#N)C(=O)NCc3ccco3)c2C)cc1. The van der Waals surface area contributed by atoms with Crippen molar-refractivity contribution in [3.8, 4) is 17.5 Å². The van der Waals surface area contributed by atoms with Crippen LogP contribution in [0.2, 0.25) is 0 Å². The molecular formula is C23H23N3O3. The summed E-state index contributed by atoms with van der Waals surface area (Å²) in [6.07, 6.45) is 3.16. The third kappa shape index (κ3) is 4.58. The van der Waals surface area contributed by atoms with Crippen molar-refractivity contribution in [3.63, 3.8) is 0 Å². The van der Waals surface area contributed by atoms with E-state index in [0.717, 1.165) is 28.4 Å². The lowest BCUT2D eigenvalue weighted by Gasteiger charge is -2.11. The van der Waals surface area contributed by atoms with E-state index in [9.17, 15) is 10.1 Å². The predicted molar refractivity (Wildman–Crippen MR) is 111 cm³/mol. The summed E-state index contributed by atoms with van der Waals surface area (Å²) < 4.78 is 12.8. The number of carbonyl (C=O) groups is 1. The van der Waals surface area contributed by atoms with E-state index in [1.165, 1.54) is 6.26 Å². The van der Waals surface area contributed by atoms with E-state index in [4.69, 9.17) is 9.15 Å². The molecule has 0 aliphatic carbocycles. The molecule has 6 nitrogen and oxygen atoms in total. The van der Waals surface area contributed by atoms with Crippen molar-refractivity contribution >= 4 is 12.0 Å². The molecule has 2 heterocycles. The van der Waals surface area contributed by atoms with Crippen molar-refractivity contribution in [1.29, 1.82) is 5.26 Å². The third-order valence-electron chi connectivity index (χ3n) is 4.54. The van der Waals surface area contributed by atoms with Crippen LogP contribution >= 0.6 is 0 Å². The van der Waals surface area contributed by atoms with Crippen LogP contribution in [0.1, 0.15) is 29.6 Å². The Kier molecular flexibility index (Phi) is 6.20. The van der Waals surface area contributed by atoms with Crippen LogP contribution in [0.3, 0.4) is 0 Å². The molecule has 6 heteroatoms. The summed E-state index contributed by atoms with van der Waals surface area (Å²) in [6, 6.07) is 15.3. The van der Waals surface area contributed by atoms with E-state index in [1.807, 2.05) is 57.2 Å². The number of carbonyl (C=O) groups excluding carboxylic acids is 1. The summed E-state index contributed by atoms with van der Waals surface area (Å²) in [7, 11) is 0. The Balaban J connectivity index is 1.83. The Labute approximate surface area is 170 Å². The fourth-order valence-electron chi connectivity index (χ4n) is 3.17. The topological polar surface area (TPSA) is 80.2 Å². The van der Waals surface area contributed by atoms with E-state index in [-0.39, 0.29) is 12.1 Å². The van der Waals surface area contributed by atoms with Gasteiger partial charge in [0.05, 0.1) is 19.4 Å². The lowest BCUT2D eigenvalue weighted by Crippen LogP contribution is -2.23. The minimum atomic E-state index is -0.435. The van der Waals surface area contributed by atoms with Crippen LogP contribution in [0.4, 0.5) is 0 Å². The van der Waals surface area contributed by atoms with Gasteiger partial charge in [-0.1, -0.05) is 0 Å². The third-order valence-corrected chi connectivity index (χ3v) is 4.54. The molecule has 0 atom stereocenters. The number of nitrogens with one attached hydrogen (secondary N) is 1. The first-order chi connectivity index (χ1) is 14.0. The van der Waals surface area contributed by atoms with E-state index in [2.05, 4.69) is 9.88 Å². The van der Waals surface area contributed by atoms with Gasteiger partial charge in [-0.25, -0.2) is 0 Å². The number of ether oxygens (including phenoxy) is 1. The number of amides is 1. The fourth-order valence-corrected chi connectivity index (χ4v) is 3.17. The van der Waals surface area contributed by atoms with Crippen LogP contribution in [0.15, 0.2) is 58.7 Å². The molecule has 0 aliphatic heterocycles. The van der Waals surface area contributed by atoms with Gasteiger partial charge in [-0.05, 0) is 74.9 Å². The number of nitriles is 1. The first kappa shape index (κ1) is 20.0. The van der Waals surface area contributed by atoms with Crippen molar-refractivity contribution < 1.29 is 13.9 Å². The zero-order chi connectivity index (χ0) is 20.8. The minimum absolute atomic E-state index is 0.0449. The average Bonchev–Trinajstić information content (AvgIpc) is 3.33. The van der Waals surface area contributed by atoms with E-state index >= 15 is 0 Å². The van der Waals surface area contributed by atoms with Gasteiger partial charge in [0.25, 0.3) is 5.91 Å². The van der Waals surface area contributed by atoms with Crippen LogP contribution in [0.25, 0.3) is 11.8 Å². The van der Waals surface area contributed by atoms with E-state index < -0.39 is 5.91 Å². The zero-order valence-electron chi connectivity index (χ0n) is 16.7. The lowest BCUT2D eigenvalue weighted by molar-refractivity contribution is -0.117. The quantitative estimate of drug-likeness (QED) is 0.482. The monoisotopic (exact) mass is 389 g/mol. The van der Waals surface area contributed by atoms with Gasteiger partial charge in [0.1, 0.15) is 23.2 Å². The van der Waals surface area contributed by atoms with E-state index in [1.54, 1.807) is 18.2 Å². The molecule has 0 bridgehead atoms.